The molecular formula is C24H23N3O2S. The first-order valence-corrected chi connectivity index (χ1v) is 10.7. The third-order valence-electron chi connectivity index (χ3n) is 4.89. The topological polar surface area (TPSA) is 56.1 Å². The maximum atomic E-state index is 13.2. The molecule has 0 fully saturated rings. The van der Waals surface area contributed by atoms with Gasteiger partial charge in [0.1, 0.15) is 11.4 Å². The molecule has 0 spiro atoms. The summed E-state index contributed by atoms with van der Waals surface area (Å²) in [6.07, 6.45) is 0. The van der Waals surface area contributed by atoms with Crippen LogP contribution in [0.15, 0.2) is 70.8 Å². The van der Waals surface area contributed by atoms with E-state index in [4.69, 9.17) is 9.84 Å². The Morgan fingerprint density at radius 3 is 2.67 bits per heavy atom. The van der Waals surface area contributed by atoms with Gasteiger partial charge in [-0.15, -0.1) is 11.3 Å². The van der Waals surface area contributed by atoms with Gasteiger partial charge in [0.2, 0.25) is 0 Å². The number of nitrogens with zero attached hydrogens (tertiary/aromatic N) is 2. The van der Waals surface area contributed by atoms with Crippen LogP contribution >= 0.6 is 11.3 Å². The van der Waals surface area contributed by atoms with Crippen LogP contribution in [0.3, 0.4) is 0 Å². The van der Waals surface area contributed by atoms with Crippen molar-refractivity contribution in [2.75, 3.05) is 19.0 Å². The lowest BCUT2D eigenvalue weighted by Crippen LogP contribution is -2.25. The second-order valence-electron chi connectivity index (χ2n) is 6.90. The maximum Gasteiger partial charge on any atom is 0.294 e. The average molecular weight is 418 g/mol. The van der Waals surface area contributed by atoms with E-state index in [1.54, 1.807) is 24.5 Å². The zero-order chi connectivity index (χ0) is 21.1. The number of hydrogen-bond donors (Lipinski definition) is 1. The number of rotatable bonds is 6. The minimum absolute atomic E-state index is 0.171. The van der Waals surface area contributed by atoms with Crippen molar-refractivity contribution in [3.05, 3.63) is 82.0 Å². The predicted octanol–water partition coefficient (Wildman–Crippen LogP) is 5.38. The summed E-state index contributed by atoms with van der Waals surface area (Å²) in [5.41, 5.74) is 4.75. The highest BCUT2D eigenvalue weighted by atomic mass is 32.1. The van der Waals surface area contributed by atoms with Crippen LogP contribution in [-0.2, 0) is 0 Å². The number of methoxy groups -OCH3 is 1. The molecule has 0 atom stereocenters. The van der Waals surface area contributed by atoms with E-state index in [-0.39, 0.29) is 5.56 Å². The lowest BCUT2D eigenvalue weighted by molar-refractivity contribution is 0.415. The van der Waals surface area contributed by atoms with Crippen LogP contribution in [0, 0.1) is 6.92 Å². The Bertz CT molecular complexity index is 1230. The number of hydrogen-bond acceptors (Lipinski definition) is 5. The van der Waals surface area contributed by atoms with Gasteiger partial charge >= 0.3 is 0 Å². The number of anilines is 1. The SMILES string of the molecule is CCNc1cc(-c2cccc(OC)c2)nn(-c2cc(-c3cccs3)ccc2C)c1=O. The molecule has 4 rings (SSSR count). The van der Waals surface area contributed by atoms with Crippen LogP contribution in [-0.4, -0.2) is 23.4 Å². The van der Waals surface area contributed by atoms with Crippen molar-refractivity contribution in [3.8, 4) is 33.1 Å². The van der Waals surface area contributed by atoms with Gasteiger partial charge in [-0.2, -0.15) is 9.78 Å². The van der Waals surface area contributed by atoms with E-state index in [0.717, 1.165) is 33.0 Å². The normalized spacial score (nSPS) is 10.8. The number of nitrogens with one attached hydrogen (secondary N) is 1. The summed E-state index contributed by atoms with van der Waals surface area (Å²) in [6, 6.07) is 19.7. The molecule has 2 heterocycles. The van der Waals surface area contributed by atoms with Crippen LogP contribution in [0.4, 0.5) is 5.69 Å². The monoisotopic (exact) mass is 417 g/mol. The smallest absolute Gasteiger partial charge is 0.294 e. The molecule has 2 aromatic heterocycles. The predicted molar refractivity (Wildman–Crippen MR) is 124 cm³/mol. The van der Waals surface area contributed by atoms with E-state index < -0.39 is 0 Å². The molecule has 2 aromatic carbocycles. The van der Waals surface area contributed by atoms with Gasteiger partial charge in [-0.3, -0.25) is 4.79 Å². The molecule has 1 N–H and O–H groups in total. The largest absolute Gasteiger partial charge is 0.497 e. The van der Waals surface area contributed by atoms with E-state index >= 15 is 0 Å². The van der Waals surface area contributed by atoms with Crippen LogP contribution in [0.2, 0.25) is 0 Å². The Balaban J connectivity index is 1.92. The molecule has 0 radical (unpaired) electrons. The van der Waals surface area contributed by atoms with Crippen molar-refractivity contribution >= 4 is 17.0 Å². The van der Waals surface area contributed by atoms with Gasteiger partial charge in [0.05, 0.1) is 18.5 Å². The minimum atomic E-state index is -0.171. The summed E-state index contributed by atoms with van der Waals surface area (Å²) >= 11 is 1.67. The van der Waals surface area contributed by atoms with E-state index in [1.807, 2.05) is 61.7 Å². The van der Waals surface area contributed by atoms with Crippen LogP contribution in [0.5, 0.6) is 5.75 Å². The third-order valence-corrected chi connectivity index (χ3v) is 5.81. The highest BCUT2D eigenvalue weighted by Crippen LogP contribution is 2.29. The molecule has 0 bridgehead atoms. The summed E-state index contributed by atoms with van der Waals surface area (Å²) in [4.78, 5) is 14.4. The van der Waals surface area contributed by atoms with Gasteiger partial charge in [-0.05, 0) is 60.7 Å². The quantitative estimate of drug-likeness (QED) is 0.458. The molecule has 0 aliphatic carbocycles. The lowest BCUT2D eigenvalue weighted by atomic mass is 10.1. The second-order valence-corrected chi connectivity index (χ2v) is 7.85. The van der Waals surface area contributed by atoms with Crippen molar-refractivity contribution < 1.29 is 4.74 Å². The van der Waals surface area contributed by atoms with Gasteiger partial charge in [0, 0.05) is 17.0 Å². The molecule has 0 saturated heterocycles. The first-order chi connectivity index (χ1) is 14.6. The molecular weight excluding hydrogens is 394 g/mol. The summed E-state index contributed by atoms with van der Waals surface area (Å²) in [5, 5.41) is 9.96. The minimum Gasteiger partial charge on any atom is -0.497 e. The molecule has 0 unspecified atom stereocenters. The molecule has 5 nitrogen and oxygen atoms in total. The van der Waals surface area contributed by atoms with Crippen molar-refractivity contribution in [3.63, 3.8) is 0 Å². The van der Waals surface area contributed by atoms with Crippen molar-refractivity contribution in [2.24, 2.45) is 0 Å². The van der Waals surface area contributed by atoms with Gasteiger partial charge in [-0.25, -0.2) is 0 Å². The van der Waals surface area contributed by atoms with Crippen LogP contribution in [0.1, 0.15) is 12.5 Å². The number of benzene rings is 2. The summed E-state index contributed by atoms with van der Waals surface area (Å²) in [7, 11) is 1.64. The molecule has 0 aliphatic heterocycles. The lowest BCUT2D eigenvalue weighted by Gasteiger charge is -2.14. The highest BCUT2D eigenvalue weighted by Gasteiger charge is 2.14. The Hall–Kier alpha value is -3.38. The molecule has 0 amide bonds. The Labute approximate surface area is 179 Å². The molecule has 152 valence electrons. The van der Waals surface area contributed by atoms with E-state index in [0.29, 0.717) is 17.9 Å². The Kier molecular flexibility index (Phi) is 5.68. The van der Waals surface area contributed by atoms with Gasteiger partial charge in [0.15, 0.2) is 0 Å². The summed E-state index contributed by atoms with van der Waals surface area (Å²) in [6.45, 7) is 4.61. The molecule has 0 saturated carbocycles. The molecule has 0 aliphatic rings. The number of aryl methyl sites for hydroxylation is 1. The van der Waals surface area contributed by atoms with Crippen molar-refractivity contribution in [1.29, 1.82) is 0 Å². The fraction of sp³-hybridized carbons (Fsp3) is 0.167. The van der Waals surface area contributed by atoms with Gasteiger partial charge in [-0.1, -0.05) is 30.3 Å². The van der Waals surface area contributed by atoms with Gasteiger partial charge < -0.3 is 10.1 Å². The zero-order valence-corrected chi connectivity index (χ0v) is 18.0. The second kappa shape index (κ2) is 8.55. The fourth-order valence-corrected chi connectivity index (χ4v) is 4.06. The van der Waals surface area contributed by atoms with E-state index in [1.165, 1.54) is 4.68 Å². The first kappa shape index (κ1) is 19.9. The molecule has 6 heteroatoms. The number of thiophene rings is 1. The molecule has 30 heavy (non-hydrogen) atoms. The van der Waals surface area contributed by atoms with E-state index in [9.17, 15) is 4.79 Å². The Morgan fingerprint density at radius 2 is 1.93 bits per heavy atom. The fourth-order valence-electron chi connectivity index (χ4n) is 3.33. The highest BCUT2D eigenvalue weighted by molar-refractivity contribution is 7.13. The zero-order valence-electron chi connectivity index (χ0n) is 17.2. The first-order valence-electron chi connectivity index (χ1n) is 9.78. The maximum absolute atomic E-state index is 13.2. The number of aromatic nitrogens is 2. The van der Waals surface area contributed by atoms with Crippen LogP contribution < -0.4 is 15.6 Å². The third kappa shape index (κ3) is 3.86. The average Bonchev–Trinajstić information content (AvgIpc) is 3.31. The van der Waals surface area contributed by atoms with Crippen LogP contribution in [0.25, 0.3) is 27.4 Å². The van der Waals surface area contributed by atoms with Crippen molar-refractivity contribution in [2.45, 2.75) is 13.8 Å². The van der Waals surface area contributed by atoms with Crippen molar-refractivity contribution in [1.82, 2.24) is 9.78 Å². The van der Waals surface area contributed by atoms with E-state index in [2.05, 4.69) is 17.4 Å². The molecule has 4 aromatic rings. The summed E-state index contributed by atoms with van der Waals surface area (Å²) in [5.74, 6) is 0.743. The summed E-state index contributed by atoms with van der Waals surface area (Å²) < 4.78 is 6.86. The number of ether oxygens (including phenoxy) is 1. The Morgan fingerprint density at radius 1 is 1.07 bits per heavy atom. The standard InChI is InChI=1S/C24H23N3O2S/c1-4-25-21-15-20(17-7-5-8-19(13-17)29-3)26-27(24(21)28)22-14-18(11-10-16(22)2)23-9-6-12-30-23/h5-15,25H,4H2,1-3H3. The van der Waals surface area contributed by atoms with Gasteiger partial charge in [0.25, 0.3) is 5.56 Å².